The molecule has 0 saturated heterocycles. The third-order valence-electron chi connectivity index (χ3n) is 3.39. The Morgan fingerprint density at radius 1 is 1.31 bits per heavy atom. The topological polar surface area (TPSA) is 3.24 Å². The molecule has 1 aliphatic rings. The predicted octanol–water partition coefficient (Wildman–Crippen LogP) is 3.28. The molecule has 0 aliphatic heterocycles. The van der Waals surface area contributed by atoms with Crippen molar-refractivity contribution in [1.82, 2.24) is 4.90 Å². The molecule has 0 amide bonds. The zero-order chi connectivity index (χ0) is 9.90. The quantitative estimate of drug-likeness (QED) is 0.652. The first-order valence-corrected chi connectivity index (χ1v) is 6.56. The van der Waals surface area contributed by atoms with Crippen LogP contribution in [-0.2, 0) is 0 Å². The van der Waals surface area contributed by atoms with Crippen LogP contribution in [0.1, 0.15) is 39.5 Å². The second kappa shape index (κ2) is 4.79. The second-order valence-corrected chi connectivity index (χ2v) is 5.08. The van der Waals surface area contributed by atoms with Crippen molar-refractivity contribution in [3.63, 3.8) is 0 Å². The minimum Gasteiger partial charge on any atom is -0.303 e. The van der Waals surface area contributed by atoms with Crippen LogP contribution < -0.4 is 0 Å². The van der Waals surface area contributed by atoms with Crippen LogP contribution in [0.25, 0.3) is 0 Å². The third-order valence-corrected chi connectivity index (χ3v) is 4.58. The van der Waals surface area contributed by atoms with E-state index in [4.69, 9.17) is 0 Å². The summed E-state index contributed by atoms with van der Waals surface area (Å²) in [5.74, 6) is 0. The molecule has 1 nitrogen and oxygen atoms in total. The van der Waals surface area contributed by atoms with E-state index in [0.29, 0.717) is 5.41 Å². The van der Waals surface area contributed by atoms with Crippen molar-refractivity contribution in [1.29, 1.82) is 0 Å². The second-order valence-electron chi connectivity index (χ2n) is 4.52. The molecule has 0 spiro atoms. The van der Waals surface area contributed by atoms with Crippen LogP contribution in [0.3, 0.4) is 0 Å². The lowest BCUT2D eigenvalue weighted by molar-refractivity contribution is 0.195. The average molecular weight is 248 g/mol. The van der Waals surface area contributed by atoms with Crippen molar-refractivity contribution in [3.05, 3.63) is 0 Å². The van der Waals surface area contributed by atoms with Crippen LogP contribution in [0.2, 0.25) is 0 Å². The first-order chi connectivity index (χ1) is 6.17. The van der Waals surface area contributed by atoms with Gasteiger partial charge >= 0.3 is 0 Å². The zero-order valence-corrected chi connectivity index (χ0v) is 10.7. The van der Waals surface area contributed by atoms with E-state index in [0.717, 1.165) is 6.04 Å². The summed E-state index contributed by atoms with van der Waals surface area (Å²) in [5, 5.41) is 1.19. The van der Waals surface area contributed by atoms with Crippen LogP contribution in [-0.4, -0.2) is 29.9 Å². The first-order valence-electron chi connectivity index (χ1n) is 5.43. The van der Waals surface area contributed by atoms with E-state index in [-0.39, 0.29) is 0 Å². The molecule has 1 fully saturated rings. The van der Waals surface area contributed by atoms with Crippen molar-refractivity contribution in [2.45, 2.75) is 45.6 Å². The van der Waals surface area contributed by atoms with Crippen molar-refractivity contribution < 1.29 is 0 Å². The highest BCUT2D eigenvalue weighted by Crippen LogP contribution is 2.47. The van der Waals surface area contributed by atoms with Gasteiger partial charge in [-0.1, -0.05) is 29.8 Å². The van der Waals surface area contributed by atoms with Crippen LogP contribution in [0, 0.1) is 5.41 Å². The Hall–Kier alpha value is 0.440. The number of hydrogen-bond donors (Lipinski definition) is 0. The van der Waals surface area contributed by atoms with Gasteiger partial charge < -0.3 is 4.90 Å². The lowest BCUT2D eigenvalue weighted by Crippen LogP contribution is -2.36. The lowest BCUT2D eigenvalue weighted by Gasteiger charge is -2.29. The Balaban J connectivity index is 2.35. The summed E-state index contributed by atoms with van der Waals surface area (Å²) in [5.41, 5.74) is 0.636. The molecule has 0 atom stereocenters. The fraction of sp³-hybridized carbons (Fsp3) is 1.00. The zero-order valence-electron chi connectivity index (χ0n) is 9.15. The van der Waals surface area contributed by atoms with Gasteiger partial charge in [-0.25, -0.2) is 0 Å². The number of halogens is 1. The summed E-state index contributed by atoms with van der Waals surface area (Å²) in [4.78, 5) is 2.55. The summed E-state index contributed by atoms with van der Waals surface area (Å²) in [7, 11) is 2.28. The van der Waals surface area contributed by atoms with Crippen LogP contribution in [0.15, 0.2) is 0 Å². The van der Waals surface area contributed by atoms with Crippen LogP contribution in [0.5, 0.6) is 0 Å². The van der Waals surface area contributed by atoms with E-state index < -0.39 is 0 Å². The number of alkyl halides is 1. The largest absolute Gasteiger partial charge is 0.303 e. The lowest BCUT2D eigenvalue weighted by atomic mass is 10.1. The van der Waals surface area contributed by atoms with Crippen LogP contribution >= 0.6 is 15.9 Å². The molecule has 1 saturated carbocycles. The Kier molecular flexibility index (Phi) is 4.24. The Morgan fingerprint density at radius 2 is 1.85 bits per heavy atom. The van der Waals surface area contributed by atoms with Gasteiger partial charge in [-0.2, -0.15) is 0 Å². The molecule has 1 rings (SSSR count). The Bertz CT molecular complexity index is 150. The van der Waals surface area contributed by atoms with E-state index >= 15 is 0 Å². The predicted molar refractivity (Wildman–Crippen MR) is 62.5 cm³/mol. The van der Waals surface area contributed by atoms with E-state index in [1.165, 1.54) is 37.6 Å². The van der Waals surface area contributed by atoms with E-state index in [9.17, 15) is 0 Å². The van der Waals surface area contributed by atoms with E-state index in [1.54, 1.807) is 0 Å². The minimum atomic E-state index is 0.636. The maximum atomic E-state index is 3.63. The molecule has 78 valence electrons. The Labute approximate surface area is 91.0 Å². The van der Waals surface area contributed by atoms with Gasteiger partial charge in [0.1, 0.15) is 0 Å². The molecule has 2 heteroatoms. The SMILES string of the molecule is CCC(CC)N(C)CC1(CBr)CC1. The molecule has 0 aromatic heterocycles. The van der Waals surface area contributed by atoms with Gasteiger partial charge in [-0.3, -0.25) is 0 Å². The summed E-state index contributed by atoms with van der Waals surface area (Å²) < 4.78 is 0. The highest BCUT2D eigenvalue weighted by molar-refractivity contribution is 9.09. The maximum absolute atomic E-state index is 3.63. The van der Waals surface area contributed by atoms with Gasteiger partial charge in [-0.05, 0) is 38.1 Å². The summed E-state index contributed by atoms with van der Waals surface area (Å²) in [6.45, 7) is 5.86. The summed E-state index contributed by atoms with van der Waals surface area (Å²) in [6, 6.07) is 0.788. The molecule has 0 aromatic carbocycles. The standard InChI is InChI=1S/C11H22BrN/c1-4-10(5-2)13(3)9-11(8-12)6-7-11/h10H,4-9H2,1-3H3. The average Bonchev–Trinajstić information content (AvgIpc) is 2.88. The maximum Gasteiger partial charge on any atom is 0.0100 e. The molecule has 0 aromatic rings. The van der Waals surface area contributed by atoms with Crippen molar-refractivity contribution in [3.8, 4) is 0 Å². The van der Waals surface area contributed by atoms with Gasteiger partial charge in [0.15, 0.2) is 0 Å². The molecule has 13 heavy (non-hydrogen) atoms. The normalized spacial score (nSPS) is 19.8. The smallest absolute Gasteiger partial charge is 0.0100 e. The van der Waals surface area contributed by atoms with Gasteiger partial charge in [-0.15, -0.1) is 0 Å². The summed E-state index contributed by atoms with van der Waals surface area (Å²) >= 11 is 3.63. The number of rotatable bonds is 6. The number of hydrogen-bond acceptors (Lipinski definition) is 1. The molecule has 0 N–H and O–H groups in total. The van der Waals surface area contributed by atoms with Gasteiger partial charge in [0, 0.05) is 17.9 Å². The molecule has 0 bridgehead atoms. The molecule has 0 unspecified atom stereocenters. The molecular weight excluding hydrogens is 226 g/mol. The molecular formula is C11H22BrN. The monoisotopic (exact) mass is 247 g/mol. The Morgan fingerprint density at radius 3 is 2.15 bits per heavy atom. The van der Waals surface area contributed by atoms with Gasteiger partial charge in [0.05, 0.1) is 0 Å². The number of nitrogens with zero attached hydrogens (tertiary/aromatic N) is 1. The highest BCUT2D eigenvalue weighted by Gasteiger charge is 2.42. The highest BCUT2D eigenvalue weighted by atomic mass is 79.9. The first kappa shape index (κ1) is 11.5. The fourth-order valence-corrected chi connectivity index (χ4v) is 2.82. The van der Waals surface area contributed by atoms with Gasteiger partial charge in [0.2, 0.25) is 0 Å². The van der Waals surface area contributed by atoms with Crippen molar-refractivity contribution >= 4 is 15.9 Å². The van der Waals surface area contributed by atoms with Crippen molar-refractivity contribution in [2.24, 2.45) is 5.41 Å². The minimum absolute atomic E-state index is 0.636. The molecule has 0 heterocycles. The fourth-order valence-electron chi connectivity index (χ4n) is 2.08. The molecule has 0 radical (unpaired) electrons. The van der Waals surface area contributed by atoms with Gasteiger partial charge in [0.25, 0.3) is 0 Å². The molecule has 1 aliphatic carbocycles. The van der Waals surface area contributed by atoms with Crippen LogP contribution in [0.4, 0.5) is 0 Å². The van der Waals surface area contributed by atoms with Crippen molar-refractivity contribution in [2.75, 3.05) is 18.9 Å². The van der Waals surface area contributed by atoms with E-state index in [2.05, 4.69) is 41.7 Å². The van der Waals surface area contributed by atoms with E-state index in [1.807, 2.05) is 0 Å². The summed E-state index contributed by atoms with van der Waals surface area (Å²) in [6.07, 6.45) is 5.40. The third kappa shape index (κ3) is 2.95.